The van der Waals surface area contributed by atoms with Gasteiger partial charge >= 0.3 is 6.18 Å². The van der Waals surface area contributed by atoms with E-state index in [-0.39, 0.29) is 5.69 Å². The van der Waals surface area contributed by atoms with Crippen molar-refractivity contribution in [2.75, 3.05) is 18.4 Å². The molecular weight excluding hydrogens is 261 g/mol. The van der Waals surface area contributed by atoms with E-state index in [1.54, 1.807) is 0 Å². The number of aromatic nitrogens is 2. The Morgan fingerprint density at radius 3 is 2.53 bits per heavy atom. The van der Waals surface area contributed by atoms with Crippen LogP contribution in [-0.2, 0) is 0 Å². The molecule has 19 heavy (non-hydrogen) atoms. The van der Waals surface area contributed by atoms with Crippen LogP contribution in [0.15, 0.2) is 12.4 Å². The average Bonchev–Trinajstić information content (AvgIpc) is 2.35. The summed E-state index contributed by atoms with van der Waals surface area (Å²) in [6.45, 7) is 2.24. The second-order valence-electron chi connectivity index (χ2n) is 3.83. The van der Waals surface area contributed by atoms with E-state index >= 15 is 0 Å². The maximum atomic E-state index is 11.9. The predicted octanol–water partition coefficient (Wildman–Crippen LogP) is 1.98. The Kier molecular flexibility index (Phi) is 5.53. The molecule has 1 aromatic rings. The quantitative estimate of drug-likeness (QED) is 0.833. The highest BCUT2D eigenvalue weighted by atomic mass is 19.4. The first-order valence-electron chi connectivity index (χ1n) is 5.83. The highest BCUT2D eigenvalue weighted by Crippen LogP contribution is 2.18. The highest BCUT2D eigenvalue weighted by molar-refractivity contribution is 5.91. The van der Waals surface area contributed by atoms with Crippen molar-refractivity contribution in [3.63, 3.8) is 0 Å². The van der Waals surface area contributed by atoms with Gasteiger partial charge in [0.15, 0.2) is 0 Å². The standard InChI is InChI=1S/C11H15F3N4O/c1-2-4-15-9-7-17-8(6-18-9)10(19)16-5-3-11(12,13)14/h6-7H,2-5H2,1H3,(H,15,18)(H,16,19). The molecule has 0 bridgehead atoms. The molecule has 0 spiro atoms. The van der Waals surface area contributed by atoms with E-state index in [1.165, 1.54) is 12.4 Å². The Bertz CT molecular complexity index is 405. The third kappa shape index (κ3) is 6.03. The molecule has 0 aliphatic carbocycles. The number of carbonyl (C=O) groups excluding carboxylic acids is 1. The van der Waals surface area contributed by atoms with Gasteiger partial charge in [0.2, 0.25) is 0 Å². The van der Waals surface area contributed by atoms with E-state index in [0.717, 1.165) is 13.0 Å². The van der Waals surface area contributed by atoms with Crippen molar-refractivity contribution < 1.29 is 18.0 Å². The second-order valence-corrected chi connectivity index (χ2v) is 3.83. The SMILES string of the molecule is CCCNc1cnc(C(=O)NCCC(F)(F)F)cn1. The lowest BCUT2D eigenvalue weighted by atomic mass is 10.3. The summed E-state index contributed by atoms with van der Waals surface area (Å²) < 4.78 is 35.7. The van der Waals surface area contributed by atoms with E-state index in [4.69, 9.17) is 0 Å². The lowest BCUT2D eigenvalue weighted by Gasteiger charge is -2.08. The number of carbonyl (C=O) groups is 1. The number of hydrogen-bond donors (Lipinski definition) is 2. The van der Waals surface area contributed by atoms with Gasteiger partial charge in [-0.1, -0.05) is 6.92 Å². The van der Waals surface area contributed by atoms with Gasteiger partial charge in [0.25, 0.3) is 5.91 Å². The van der Waals surface area contributed by atoms with Crippen molar-refractivity contribution >= 4 is 11.7 Å². The molecule has 8 heteroatoms. The maximum absolute atomic E-state index is 11.9. The maximum Gasteiger partial charge on any atom is 0.390 e. The molecule has 0 saturated heterocycles. The van der Waals surface area contributed by atoms with Crippen LogP contribution in [0, 0.1) is 0 Å². The average molecular weight is 276 g/mol. The Morgan fingerprint density at radius 1 is 1.26 bits per heavy atom. The van der Waals surface area contributed by atoms with Gasteiger partial charge in [-0.05, 0) is 6.42 Å². The fraction of sp³-hybridized carbons (Fsp3) is 0.545. The minimum absolute atomic E-state index is 0.00998. The molecule has 0 radical (unpaired) electrons. The zero-order valence-corrected chi connectivity index (χ0v) is 10.4. The fourth-order valence-corrected chi connectivity index (χ4v) is 1.20. The molecular formula is C11H15F3N4O. The topological polar surface area (TPSA) is 66.9 Å². The Balaban J connectivity index is 2.44. The normalized spacial score (nSPS) is 11.2. The van der Waals surface area contributed by atoms with Crippen LogP contribution >= 0.6 is 0 Å². The third-order valence-corrected chi connectivity index (χ3v) is 2.13. The zero-order valence-electron chi connectivity index (χ0n) is 10.4. The van der Waals surface area contributed by atoms with Crippen molar-refractivity contribution in [1.82, 2.24) is 15.3 Å². The fourth-order valence-electron chi connectivity index (χ4n) is 1.20. The summed E-state index contributed by atoms with van der Waals surface area (Å²) in [6.07, 6.45) is -1.84. The molecule has 0 unspecified atom stereocenters. The van der Waals surface area contributed by atoms with Gasteiger partial charge in [0.1, 0.15) is 11.5 Å². The van der Waals surface area contributed by atoms with Gasteiger partial charge in [-0.2, -0.15) is 13.2 Å². The minimum Gasteiger partial charge on any atom is -0.369 e. The van der Waals surface area contributed by atoms with Crippen LogP contribution in [0.2, 0.25) is 0 Å². The molecule has 0 aliphatic rings. The van der Waals surface area contributed by atoms with E-state index in [0.29, 0.717) is 5.82 Å². The highest BCUT2D eigenvalue weighted by Gasteiger charge is 2.26. The number of hydrogen-bond acceptors (Lipinski definition) is 4. The number of rotatable bonds is 6. The van der Waals surface area contributed by atoms with E-state index in [9.17, 15) is 18.0 Å². The van der Waals surface area contributed by atoms with E-state index in [2.05, 4.69) is 20.6 Å². The van der Waals surface area contributed by atoms with Crippen molar-refractivity contribution in [3.8, 4) is 0 Å². The molecule has 1 aromatic heterocycles. The number of alkyl halides is 3. The lowest BCUT2D eigenvalue weighted by molar-refractivity contribution is -0.132. The first-order valence-corrected chi connectivity index (χ1v) is 5.83. The van der Waals surface area contributed by atoms with Crippen LogP contribution in [0.1, 0.15) is 30.3 Å². The molecule has 106 valence electrons. The number of nitrogens with zero attached hydrogens (tertiary/aromatic N) is 2. The number of nitrogens with one attached hydrogen (secondary N) is 2. The van der Waals surface area contributed by atoms with Crippen LogP contribution in [0.3, 0.4) is 0 Å². The predicted molar refractivity (Wildman–Crippen MR) is 63.8 cm³/mol. The Labute approximate surface area is 108 Å². The van der Waals surface area contributed by atoms with E-state index in [1.807, 2.05) is 6.92 Å². The summed E-state index contributed by atoms with van der Waals surface area (Å²) in [5.74, 6) is -0.146. The minimum atomic E-state index is -4.28. The molecule has 1 heterocycles. The van der Waals surface area contributed by atoms with E-state index < -0.39 is 25.0 Å². The van der Waals surface area contributed by atoms with Crippen LogP contribution in [-0.4, -0.2) is 35.1 Å². The smallest absolute Gasteiger partial charge is 0.369 e. The second kappa shape index (κ2) is 6.91. The molecule has 0 aromatic carbocycles. The molecule has 1 amide bonds. The van der Waals surface area contributed by atoms with Gasteiger partial charge < -0.3 is 10.6 Å². The van der Waals surface area contributed by atoms with Gasteiger partial charge in [-0.25, -0.2) is 9.97 Å². The molecule has 5 nitrogen and oxygen atoms in total. The Hall–Kier alpha value is -1.86. The van der Waals surface area contributed by atoms with Crippen LogP contribution in [0.5, 0.6) is 0 Å². The summed E-state index contributed by atoms with van der Waals surface area (Å²) in [5, 5.41) is 5.11. The summed E-state index contributed by atoms with van der Waals surface area (Å²) in [5.41, 5.74) is -0.00998. The summed E-state index contributed by atoms with van der Waals surface area (Å²) >= 11 is 0. The molecule has 0 fully saturated rings. The van der Waals surface area contributed by atoms with Crippen molar-refractivity contribution in [2.45, 2.75) is 25.9 Å². The summed E-state index contributed by atoms with van der Waals surface area (Å²) in [7, 11) is 0. The zero-order chi connectivity index (χ0) is 14.3. The molecule has 0 saturated carbocycles. The summed E-state index contributed by atoms with van der Waals surface area (Å²) in [4.78, 5) is 19.2. The van der Waals surface area contributed by atoms with Crippen LogP contribution < -0.4 is 10.6 Å². The third-order valence-electron chi connectivity index (χ3n) is 2.13. The first kappa shape index (κ1) is 15.2. The van der Waals surface area contributed by atoms with Crippen LogP contribution in [0.4, 0.5) is 19.0 Å². The summed E-state index contributed by atoms with van der Waals surface area (Å²) in [6, 6.07) is 0. The van der Waals surface area contributed by atoms with Crippen molar-refractivity contribution in [1.29, 1.82) is 0 Å². The van der Waals surface area contributed by atoms with Crippen LogP contribution in [0.25, 0.3) is 0 Å². The Morgan fingerprint density at radius 2 is 2.00 bits per heavy atom. The van der Waals surface area contributed by atoms with Crippen molar-refractivity contribution in [2.24, 2.45) is 0 Å². The molecule has 2 N–H and O–H groups in total. The molecule has 1 rings (SSSR count). The first-order chi connectivity index (χ1) is 8.92. The number of anilines is 1. The van der Waals surface area contributed by atoms with Gasteiger partial charge in [0.05, 0.1) is 18.8 Å². The van der Waals surface area contributed by atoms with Gasteiger partial charge in [0, 0.05) is 13.1 Å². The monoisotopic (exact) mass is 276 g/mol. The lowest BCUT2D eigenvalue weighted by Crippen LogP contribution is -2.28. The molecule has 0 atom stereocenters. The number of halogens is 3. The largest absolute Gasteiger partial charge is 0.390 e. The van der Waals surface area contributed by atoms with Gasteiger partial charge in [-0.3, -0.25) is 4.79 Å². The molecule has 0 aliphatic heterocycles. The number of amides is 1. The van der Waals surface area contributed by atoms with Crippen molar-refractivity contribution in [3.05, 3.63) is 18.1 Å². The van der Waals surface area contributed by atoms with Gasteiger partial charge in [-0.15, -0.1) is 0 Å².